The number of amides is 1. The molecule has 0 aliphatic rings. The topological polar surface area (TPSA) is 81.7 Å². The molecule has 132 valence electrons. The molecule has 0 saturated heterocycles. The first-order valence-corrected chi connectivity index (χ1v) is 7.61. The standard InChI is InChI=1S/C16H19ClFNO5/c1-9(2)6-13(16(22)23-3)19-14(20)8-24-15(21)11-5-4-10(17)7-12(11)18/h4-5,7,9,13H,6,8H2,1-3H3,(H,19,20)/t13-/m0/s1. The predicted molar refractivity (Wildman–Crippen MR) is 85.1 cm³/mol. The maximum atomic E-state index is 13.6. The van der Waals surface area contributed by atoms with Crippen LogP contribution in [0.25, 0.3) is 0 Å². The Hall–Kier alpha value is -2.15. The van der Waals surface area contributed by atoms with Crippen LogP contribution in [-0.2, 0) is 19.1 Å². The Morgan fingerprint density at radius 3 is 2.50 bits per heavy atom. The van der Waals surface area contributed by atoms with Gasteiger partial charge in [0.2, 0.25) is 0 Å². The summed E-state index contributed by atoms with van der Waals surface area (Å²) in [5, 5.41) is 2.56. The van der Waals surface area contributed by atoms with E-state index in [1.165, 1.54) is 13.2 Å². The van der Waals surface area contributed by atoms with E-state index in [1.54, 1.807) is 0 Å². The molecular formula is C16H19ClFNO5. The number of ether oxygens (including phenoxy) is 2. The molecule has 1 aromatic rings. The molecule has 0 radical (unpaired) electrons. The van der Waals surface area contributed by atoms with Crippen molar-refractivity contribution in [3.63, 3.8) is 0 Å². The molecule has 0 aliphatic carbocycles. The summed E-state index contributed by atoms with van der Waals surface area (Å²) < 4.78 is 22.9. The van der Waals surface area contributed by atoms with Gasteiger partial charge in [-0.3, -0.25) is 4.79 Å². The van der Waals surface area contributed by atoms with E-state index in [-0.39, 0.29) is 16.5 Å². The molecule has 8 heteroatoms. The fourth-order valence-corrected chi connectivity index (χ4v) is 2.09. The van der Waals surface area contributed by atoms with Crippen molar-refractivity contribution in [2.45, 2.75) is 26.3 Å². The van der Waals surface area contributed by atoms with Crippen molar-refractivity contribution in [1.82, 2.24) is 5.32 Å². The minimum Gasteiger partial charge on any atom is -0.467 e. The number of hydrogen-bond acceptors (Lipinski definition) is 5. The first kappa shape index (κ1) is 19.9. The Morgan fingerprint density at radius 1 is 1.29 bits per heavy atom. The number of nitrogens with one attached hydrogen (secondary N) is 1. The quantitative estimate of drug-likeness (QED) is 0.756. The molecule has 0 spiro atoms. The Bertz CT molecular complexity index is 620. The lowest BCUT2D eigenvalue weighted by atomic mass is 10.0. The number of methoxy groups -OCH3 is 1. The zero-order valence-corrected chi connectivity index (χ0v) is 14.4. The molecule has 1 rings (SSSR count). The lowest BCUT2D eigenvalue weighted by molar-refractivity contribution is -0.145. The van der Waals surface area contributed by atoms with Crippen LogP contribution in [0.5, 0.6) is 0 Å². The number of hydrogen-bond donors (Lipinski definition) is 1. The van der Waals surface area contributed by atoms with E-state index in [0.29, 0.717) is 6.42 Å². The number of benzene rings is 1. The minimum atomic E-state index is -1.00. The van der Waals surface area contributed by atoms with Crippen molar-refractivity contribution >= 4 is 29.4 Å². The first-order valence-electron chi connectivity index (χ1n) is 7.24. The third-order valence-corrected chi connectivity index (χ3v) is 3.25. The van der Waals surface area contributed by atoms with E-state index >= 15 is 0 Å². The van der Waals surface area contributed by atoms with Gasteiger partial charge in [-0.2, -0.15) is 0 Å². The van der Waals surface area contributed by atoms with Crippen molar-refractivity contribution in [2.75, 3.05) is 13.7 Å². The summed E-state index contributed by atoms with van der Waals surface area (Å²) in [4.78, 5) is 35.2. The van der Waals surface area contributed by atoms with Gasteiger partial charge in [0.1, 0.15) is 11.9 Å². The summed E-state index contributed by atoms with van der Waals surface area (Å²) >= 11 is 5.59. The zero-order chi connectivity index (χ0) is 18.3. The average Bonchev–Trinajstić information content (AvgIpc) is 2.50. The van der Waals surface area contributed by atoms with Gasteiger partial charge < -0.3 is 14.8 Å². The normalized spacial score (nSPS) is 11.8. The lowest BCUT2D eigenvalue weighted by Crippen LogP contribution is -2.44. The fraction of sp³-hybridized carbons (Fsp3) is 0.438. The molecule has 0 heterocycles. The van der Waals surface area contributed by atoms with E-state index in [2.05, 4.69) is 10.1 Å². The Balaban J connectivity index is 2.60. The third-order valence-electron chi connectivity index (χ3n) is 3.01. The summed E-state index contributed by atoms with van der Waals surface area (Å²) in [6, 6.07) is 2.62. The highest BCUT2D eigenvalue weighted by Gasteiger charge is 2.23. The minimum absolute atomic E-state index is 0.136. The second kappa shape index (κ2) is 9.22. The van der Waals surface area contributed by atoms with Gasteiger partial charge in [0.05, 0.1) is 12.7 Å². The summed E-state index contributed by atoms with van der Waals surface area (Å²) in [6.45, 7) is 3.11. The molecule has 1 amide bonds. The number of carbonyl (C=O) groups is 3. The molecule has 0 unspecified atom stereocenters. The molecule has 1 aromatic carbocycles. The van der Waals surface area contributed by atoms with E-state index in [1.807, 2.05) is 13.8 Å². The number of halogens is 2. The molecular weight excluding hydrogens is 341 g/mol. The SMILES string of the molecule is COC(=O)[C@H](CC(C)C)NC(=O)COC(=O)c1ccc(Cl)cc1F. The molecule has 0 bridgehead atoms. The van der Waals surface area contributed by atoms with Gasteiger partial charge in [-0.25, -0.2) is 14.0 Å². The second-order valence-electron chi connectivity index (χ2n) is 5.47. The Morgan fingerprint density at radius 2 is 1.96 bits per heavy atom. The molecule has 6 nitrogen and oxygen atoms in total. The summed E-state index contributed by atoms with van der Waals surface area (Å²) in [7, 11) is 1.21. The van der Waals surface area contributed by atoms with Crippen LogP contribution in [0.1, 0.15) is 30.6 Å². The summed E-state index contributed by atoms with van der Waals surface area (Å²) in [6.07, 6.45) is 0.373. The van der Waals surface area contributed by atoms with Crippen LogP contribution in [0, 0.1) is 11.7 Å². The summed E-state index contributed by atoms with van der Waals surface area (Å²) in [5.74, 6) is -2.99. The summed E-state index contributed by atoms with van der Waals surface area (Å²) in [5.41, 5.74) is -0.334. The van der Waals surface area contributed by atoms with Crippen LogP contribution >= 0.6 is 11.6 Å². The highest BCUT2D eigenvalue weighted by atomic mass is 35.5. The van der Waals surface area contributed by atoms with Crippen LogP contribution in [0.4, 0.5) is 4.39 Å². The van der Waals surface area contributed by atoms with Crippen molar-refractivity contribution in [2.24, 2.45) is 5.92 Å². The molecule has 0 fully saturated rings. The highest BCUT2D eigenvalue weighted by Crippen LogP contribution is 2.15. The number of carbonyl (C=O) groups excluding carboxylic acids is 3. The van der Waals surface area contributed by atoms with Gasteiger partial charge in [0.15, 0.2) is 6.61 Å². The van der Waals surface area contributed by atoms with Crippen LogP contribution in [0.2, 0.25) is 5.02 Å². The maximum Gasteiger partial charge on any atom is 0.341 e. The molecule has 24 heavy (non-hydrogen) atoms. The Kier molecular flexibility index (Phi) is 7.64. The smallest absolute Gasteiger partial charge is 0.341 e. The fourth-order valence-electron chi connectivity index (χ4n) is 1.93. The van der Waals surface area contributed by atoms with Gasteiger partial charge in [-0.15, -0.1) is 0 Å². The van der Waals surface area contributed by atoms with E-state index < -0.39 is 36.3 Å². The van der Waals surface area contributed by atoms with Gasteiger partial charge in [0, 0.05) is 5.02 Å². The van der Waals surface area contributed by atoms with Crippen molar-refractivity contribution in [1.29, 1.82) is 0 Å². The molecule has 1 atom stereocenters. The number of rotatable bonds is 7. The average molecular weight is 360 g/mol. The van der Waals surface area contributed by atoms with E-state index in [9.17, 15) is 18.8 Å². The van der Waals surface area contributed by atoms with Crippen molar-refractivity contribution in [3.05, 3.63) is 34.6 Å². The molecule has 0 saturated carbocycles. The zero-order valence-electron chi connectivity index (χ0n) is 13.6. The monoisotopic (exact) mass is 359 g/mol. The van der Waals surface area contributed by atoms with Crippen molar-refractivity contribution in [3.8, 4) is 0 Å². The number of esters is 2. The van der Waals surface area contributed by atoms with Gasteiger partial charge >= 0.3 is 11.9 Å². The van der Waals surface area contributed by atoms with Gasteiger partial charge in [-0.1, -0.05) is 25.4 Å². The van der Waals surface area contributed by atoms with Crippen LogP contribution in [-0.4, -0.2) is 37.6 Å². The second-order valence-corrected chi connectivity index (χ2v) is 5.91. The Labute approximate surface area is 144 Å². The predicted octanol–water partition coefficient (Wildman–Crippen LogP) is 2.34. The molecule has 1 N–H and O–H groups in total. The van der Waals surface area contributed by atoms with Gasteiger partial charge in [0.25, 0.3) is 5.91 Å². The maximum absolute atomic E-state index is 13.6. The third kappa shape index (κ3) is 6.16. The largest absolute Gasteiger partial charge is 0.467 e. The lowest BCUT2D eigenvalue weighted by Gasteiger charge is -2.18. The van der Waals surface area contributed by atoms with E-state index in [0.717, 1.165) is 12.1 Å². The van der Waals surface area contributed by atoms with Crippen LogP contribution in [0.3, 0.4) is 0 Å². The molecule has 0 aliphatic heterocycles. The van der Waals surface area contributed by atoms with Crippen LogP contribution < -0.4 is 5.32 Å². The van der Waals surface area contributed by atoms with E-state index in [4.69, 9.17) is 16.3 Å². The first-order chi connectivity index (χ1) is 11.2. The molecule has 0 aromatic heterocycles. The highest BCUT2D eigenvalue weighted by molar-refractivity contribution is 6.30. The van der Waals surface area contributed by atoms with Gasteiger partial charge in [-0.05, 0) is 30.5 Å². The van der Waals surface area contributed by atoms with Crippen molar-refractivity contribution < 1.29 is 28.2 Å². The van der Waals surface area contributed by atoms with Crippen LogP contribution in [0.15, 0.2) is 18.2 Å².